The molecule has 0 aromatic carbocycles. The summed E-state index contributed by atoms with van der Waals surface area (Å²) in [6.07, 6.45) is -3.68. The highest BCUT2D eigenvalue weighted by molar-refractivity contribution is 5.89. The fourth-order valence-corrected chi connectivity index (χ4v) is 1.05. The van der Waals surface area contributed by atoms with Crippen LogP contribution in [-0.2, 0) is 10.9 Å². The molecule has 1 rings (SSSR count). The molecule has 0 aliphatic heterocycles. The number of methoxy groups -OCH3 is 2. The van der Waals surface area contributed by atoms with Crippen molar-refractivity contribution in [2.45, 2.75) is 6.18 Å². The first-order valence-electron chi connectivity index (χ1n) is 4.09. The Bertz CT molecular complexity index is 403. The Labute approximate surface area is 89.0 Å². The molecule has 0 saturated heterocycles. The normalized spacial score (nSPS) is 11.1. The molecule has 7 heteroatoms. The molecule has 0 unspecified atom stereocenters. The van der Waals surface area contributed by atoms with E-state index in [1.165, 1.54) is 0 Å². The highest BCUT2D eigenvalue weighted by Crippen LogP contribution is 2.35. The number of ether oxygens (including phenoxy) is 2. The van der Waals surface area contributed by atoms with Crippen LogP contribution in [-0.4, -0.2) is 25.2 Å². The van der Waals surface area contributed by atoms with Crippen LogP contribution in [0.15, 0.2) is 12.3 Å². The van der Waals surface area contributed by atoms with Gasteiger partial charge in [-0.05, 0) is 6.07 Å². The van der Waals surface area contributed by atoms with Gasteiger partial charge in [0.1, 0.15) is 5.56 Å². The summed E-state index contributed by atoms with van der Waals surface area (Å²) < 4.78 is 46.3. The highest BCUT2D eigenvalue weighted by atomic mass is 19.4. The Balaban J connectivity index is 3.27. The first-order valence-corrected chi connectivity index (χ1v) is 4.09. The van der Waals surface area contributed by atoms with Gasteiger partial charge in [0.05, 0.1) is 19.8 Å². The van der Waals surface area contributed by atoms with E-state index in [1.54, 1.807) is 0 Å². The SMILES string of the molecule is COC(=O)c1cnc(OC)c(C(F)(F)F)c1. The first-order chi connectivity index (χ1) is 7.40. The molecule has 1 heterocycles. The van der Waals surface area contributed by atoms with E-state index in [0.717, 1.165) is 20.4 Å². The fourth-order valence-electron chi connectivity index (χ4n) is 1.05. The van der Waals surface area contributed by atoms with Gasteiger partial charge < -0.3 is 9.47 Å². The zero-order valence-electron chi connectivity index (χ0n) is 8.46. The maximum atomic E-state index is 12.5. The van der Waals surface area contributed by atoms with Crippen molar-refractivity contribution >= 4 is 5.97 Å². The monoisotopic (exact) mass is 235 g/mol. The van der Waals surface area contributed by atoms with Gasteiger partial charge in [0.2, 0.25) is 5.88 Å². The Morgan fingerprint density at radius 3 is 2.44 bits per heavy atom. The largest absolute Gasteiger partial charge is 0.481 e. The zero-order chi connectivity index (χ0) is 12.3. The van der Waals surface area contributed by atoms with Gasteiger partial charge in [-0.15, -0.1) is 0 Å². The van der Waals surface area contributed by atoms with Crippen molar-refractivity contribution in [3.8, 4) is 5.88 Å². The second-order valence-corrected chi connectivity index (χ2v) is 2.77. The number of hydrogen-bond donors (Lipinski definition) is 0. The second-order valence-electron chi connectivity index (χ2n) is 2.77. The minimum Gasteiger partial charge on any atom is -0.481 e. The summed E-state index contributed by atoms with van der Waals surface area (Å²) in [5, 5.41) is 0. The molecule has 88 valence electrons. The number of alkyl halides is 3. The summed E-state index contributed by atoms with van der Waals surface area (Å²) in [6.45, 7) is 0. The molecule has 4 nitrogen and oxygen atoms in total. The third kappa shape index (κ3) is 2.41. The Kier molecular flexibility index (Phi) is 3.36. The molecule has 0 amide bonds. The van der Waals surface area contributed by atoms with Gasteiger partial charge in [-0.2, -0.15) is 13.2 Å². The van der Waals surface area contributed by atoms with Crippen molar-refractivity contribution in [3.05, 3.63) is 23.4 Å². The predicted molar refractivity (Wildman–Crippen MR) is 47.1 cm³/mol. The van der Waals surface area contributed by atoms with Gasteiger partial charge in [-0.3, -0.25) is 0 Å². The molecule has 0 spiro atoms. The number of pyridine rings is 1. The standard InChI is InChI=1S/C9H8F3NO3/c1-15-7-6(9(10,11)12)3-5(4-13-7)8(14)16-2/h3-4H,1-2H3. The second kappa shape index (κ2) is 4.38. The van der Waals surface area contributed by atoms with E-state index in [9.17, 15) is 18.0 Å². The molecule has 16 heavy (non-hydrogen) atoms. The number of esters is 1. The van der Waals surface area contributed by atoms with Crippen LogP contribution in [0.2, 0.25) is 0 Å². The smallest absolute Gasteiger partial charge is 0.421 e. The molecule has 0 atom stereocenters. The van der Waals surface area contributed by atoms with Gasteiger partial charge in [-0.25, -0.2) is 9.78 Å². The van der Waals surface area contributed by atoms with Gasteiger partial charge in [0.25, 0.3) is 0 Å². The number of carbonyl (C=O) groups is 1. The third-order valence-electron chi connectivity index (χ3n) is 1.77. The first kappa shape index (κ1) is 12.3. The molecule has 0 bridgehead atoms. The summed E-state index contributed by atoms with van der Waals surface area (Å²) in [7, 11) is 2.13. The van der Waals surface area contributed by atoms with E-state index in [0.29, 0.717) is 6.07 Å². The van der Waals surface area contributed by atoms with Crippen molar-refractivity contribution in [1.82, 2.24) is 4.98 Å². The van der Waals surface area contributed by atoms with Crippen molar-refractivity contribution in [2.24, 2.45) is 0 Å². The van der Waals surface area contributed by atoms with Gasteiger partial charge in [0, 0.05) is 6.20 Å². The molecule has 0 radical (unpaired) electrons. The van der Waals surface area contributed by atoms with E-state index < -0.39 is 23.6 Å². The Morgan fingerprint density at radius 2 is 2.00 bits per heavy atom. The molecule has 0 aliphatic rings. The van der Waals surface area contributed by atoms with Crippen LogP contribution in [0.1, 0.15) is 15.9 Å². The molecule has 0 fully saturated rings. The predicted octanol–water partition coefficient (Wildman–Crippen LogP) is 1.90. The minimum atomic E-state index is -4.64. The molecule has 0 N–H and O–H groups in total. The van der Waals surface area contributed by atoms with Crippen LogP contribution in [0.4, 0.5) is 13.2 Å². The van der Waals surface area contributed by atoms with Crippen LogP contribution in [0.25, 0.3) is 0 Å². The Hall–Kier alpha value is -1.79. The average molecular weight is 235 g/mol. The lowest BCUT2D eigenvalue weighted by atomic mass is 10.2. The third-order valence-corrected chi connectivity index (χ3v) is 1.77. The van der Waals surface area contributed by atoms with Crippen LogP contribution < -0.4 is 4.74 Å². The molecule has 1 aromatic rings. The number of rotatable bonds is 2. The van der Waals surface area contributed by atoms with Crippen molar-refractivity contribution in [2.75, 3.05) is 14.2 Å². The number of nitrogens with zero attached hydrogens (tertiary/aromatic N) is 1. The van der Waals surface area contributed by atoms with Gasteiger partial charge in [0.15, 0.2) is 0 Å². The average Bonchev–Trinajstić information content (AvgIpc) is 2.26. The van der Waals surface area contributed by atoms with E-state index in [4.69, 9.17) is 0 Å². The maximum Gasteiger partial charge on any atom is 0.421 e. The van der Waals surface area contributed by atoms with Crippen LogP contribution in [0.5, 0.6) is 5.88 Å². The number of hydrogen-bond acceptors (Lipinski definition) is 4. The Morgan fingerprint density at radius 1 is 1.38 bits per heavy atom. The fraction of sp³-hybridized carbons (Fsp3) is 0.333. The van der Waals surface area contributed by atoms with Crippen LogP contribution in [0, 0.1) is 0 Å². The zero-order valence-corrected chi connectivity index (χ0v) is 8.46. The van der Waals surface area contributed by atoms with E-state index in [-0.39, 0.29) is 5.56 Å². The van der Waals surface area contributed by atoms with Gasteiger partial charge in [-0.1, -0.05) is 0 Å². The summed E-state index contributed by atoms with van der Waals surface area (Å²) in [6, 6.07) is 0.637. The quantitative estimate of drug-likeness (QED) is 0.734. The summed E-state index contributed by atoms with van der Waals surface area (Å²) >= 11 is 0. The summed E-state index contributed by atoms with van der Waals surface area (Å²) in [5.74, 6) is -1.47. The van der Waals surface area contributed by atoms with E-state index in [1.807, 2.05) is 0 Å². The summed E-state index contributed by atoms with van der Waals surface area (Å²) in [4.78, 5) is 14.4. The lowest BCUT2D eigenvalue weighted by Crippen LogP contribution is -2.12. The number of carbonyl (C=O) groups excluding carboxylic acids is 1. The van der Waals surface area contributed by atoms with Crippen molar-refractivity contribution < 1.29 is 27.4 Å². The van der Waals surface area contributed by atoms with E-state index in [2.05, 4.69) is 14.5 Å². The lowest BCUT2D eigenvalue weighted by molar-refractivity contribution is -0.139. The molecule has 0 aliphatic carbocycles. The van der Waals surface area contributed by atoms with Crippen LogP contribution >= 0.6 is 0 Å². The molecular weight excluding hydrogens is 227 g/mol. The topological polar surface area (TPSA) is 48.4 Å². The maximum absolute atomic E-state index is 12.5. The molecule has 1 aromatic heterocycles. The van der Waals surface area contributed by atoms with Crippen molar-refractivity contribution in [3.63, 3.8) is 0 Å². The van der Waals surface area contributed by atoms with E-state index >= 15 is 0 Å². The lowest BCUT2D eigenvalue weighted by Gasteiger charge is -2.11. The molecule has 0 saturated carbocycles. The number of halogens is 3. The number of aromatic nitrogens is 1. The molecular formula is C9H8F3NO3. The van der Waals surface area contributed by atoms with Crippen molar-refractivity contribution in [1.29, 1.82) is 0 Å². The van der Waals surface area contributed by atoms with Gasteiger partial charge >= 0.3 is 12.1 Å². The minimum absolute atomic E-state index is 0.282. The van der Waals surface area contributed by atoms with Crippen LogP contribution in [0.3, 0.4) is 0 Å². The summed E-state index contributed by atoms with van der Waals surface area (Å²) in [5.41, 5.74) is -1.39. The highest BCUT2D eigenvalue weighted by Gasteiger charge is 2.36.